The Labute approximate surface area is 111 Å². The Morgan fingerprint density at radius 3 is 3.11 bits per heavy atom. The third-order valence-electron chi connectivity index (χ3n) is 2.51. The van der Waals surface area contributed by atoms with Crippen LogP contribution in [0.5, 0.6) is 0 Å². The second kappa shape index (κ2) is 4.69. The number of fused-ring (bicyclic) bond motifs is 1. The van der Waals surface area contributed by atoms with Gasteiger partial charge in [0.05, 0.1) is 12.1 Å². The van der Waals surface area contributed by atoms with Gasteiger partial charge in [0.2, 0.25) is 0 Å². The number of nitrogens with one attached hydrogen (secondary N) is 1. The Hall–Kier alpha value is -2.41. The van der Waals surface area contributed by atoms with Gasteiger partial charge in [-0.3, -0.25) is 0 Å². The number of rotatable bonds is 4. The minimum Gasteiger partial charge on any atom is -0.478 e. The highest BCUT2D eigenvalue weighted by Gasteiger charge is 2.09. The summed E-state index contributed by atoms with van der Waals surface area (Å²) in [5, 5.41) is 14.7. The van der Waals surface area contributed by atoms with Crippen LogP contribution in [0.15, 0.2) is 34.2 Å². The highest BCUT2D eigenvalue weighted by Crippen LogP contribution is 2.21. The van der Waals surface area contributed by atoms with Gasteiger partial charge < -0.3 is 14.8 Å². The lowest BCUT2D eigenvalue weighted by atomic mass is 10.2. The van der Waals surface area contributed by atoms with Gasteiger partial charge in [0.15, 0.2) is 5.58 Å². The summed E-state index contributed by atoms with van der Waals surface area (Å²) in [7, 11) is 0. The minimum absolute atomic E-state index is 0.176. The quantitative estimate of drug-likeness (QED) is 0.760. The second-order valence-electron chi connectivity index (χ2n) is 3.79. The molecule has 0 unspecified atom stereocenters. The number of nitrogens with zero attached hydrogens (tertiary/aromatic N) is 2. The highest BCUT2D eigenvalue weighted by molar-refractivity contribution is 7.09. The van der Waals surface area contributed by atoms with Crippen molar-refractivity contribution in [3.63, 3.8) is 0 Å². The van der Waals surface area contributed by atoms with Crippen molar-refractivity contribution in [1.82, 2.24) is 9.97 Å². The van der Waals surface area contributed by atoms with Gasteiger partial charge in [-0.25, -0.2) is 9.78 Å². The SMILES string of the molecule is O=C(O)c1ccc2nc(NCc3nccs3)oc2c1. The largest absolute Gasteiger partial charge is 0.478 e. The molecule has 2 N–H and O–H groups in total. The average Bonchev–Trinajstić information content (AvgIpc) is 3.04. The van der Waals surface area contributed by atoms with Crippen molar-refractivity contribution in [2.75, 3.05) is 5.32 Å². The Morgan fingerprint density at radius 2 is 2.37 bits per heavy atom. The number of aromatic carboxylic acids is 1. The first kappa shape index (κ1) is 11.7. The lowest BCUT2D eigenvalue weighted by molar-refractivity contribution is 0.0697. The molecule has 0 bridgehead atoms. The number of aromatic nitrogens is 2. The molecule has 1 aromatic carbocycles. The smallest absolute Gasteiger partial charge is 0.335 e. The lowest BCUT2D eigenvalue weighted by Crippen LogP contribution is -1.98. The Kier molecular flexibility index (Phi) is 2.88. The molecule has 19 heavy (non-hydrogen) atoms. The molecule has 96 valence electrons. The zero-order valence-corrected chi connectivity index (χ0v) is 10.5. The van der Waals surface area contributed by atoms with Crippen molar-refractivity contribution in [2.45, 2.75) is 6.54 Å². The predicted molar refractivity (Wildman–Crippen MR) is 70.4 cm³/mol. The Bertz CT molecular complexity index is 721. The number of hydrogen-bond acceptors (Lipinski definition) is 6. The van der Waals surface area contributed by atoms with Crippen molar-refractivity contribution in [3.05, 3.63) is 40.3 Å². The normalized spacial score (nSPS) is 10.7. The van der Waals surface area contributed by atoms with Crippen LogP contribution in [-0.4, -0.2) is 21.0 Å². The van der Waals surface area contributed by atoms with E-state index in [1.54, 1.807) is 12.3 Å². The summed E-state index contributed by atoms with van der Waals surface area (Å²) in [5.41, 5.74) is 1.24. The van der Waals surface area contributed by atoms with E-state index < -0.39 is 5.97 Å². The summed E-state index contributed by atoms with van der Waals surface area (Å²) in [4.78, 5) is 19.2. The predicted octanol–water partition coefficient (Wildman–Crippen LogP) is 2.59. The summed E-state index contributed by atoms with van der Waals surface area (Å²) < 4.78 is 5.45. The first-order valence-electron chi connectivity index (χ1n) is 5.48. The lowest BCUT2D eigenvalue weighted by Gasteiger charge is -1.96. The van der Waals surface area contributed by atoms with Crippen LogP contribution in [-0.2, 0) is 6.54 Å². The van der Waals surface area contributed by atoms with Gasteiger partial charge >= 0.3 is 5.97 Å². The van der Waals surface area contributed by atoms with E-state index in [9.17, 15) is 4.79 Å². The van der Waals surface area contributed by atoms with E-state index in [4.69, 9.17) is 9.52 Å². The molecule has 0 amide bonds. The topological polar surface area (TPSA) is 88.2 Å². The van der Waals surface area contributed by atoms with Gasteiger partial charge in [-0.1, -0.05) is 0 Å². The van der Waals surface area contributed by atoms with Crippen LogP contribution in [0.25, 0.3) is 11.1 Å². The summed E-state index contributed by atoms with van der Waals surface area (Å²) in [5.74, 6) is -0.990. The number of carboxylic acid groups (broad SMARTS) is 1. The summed E-state index contributed by atoms with van der Waals surface area (Å²) in [6.07, 6.45) is 1.73. The molecule has 7 heteroatoms. The number of anilines is 1. The maximum absolute atomic E-state index is 10.8. The Balaban J connectivity index is 1.83. The molecule has 0 aliphatic heterocycles. The van der Waals surface area contributed by atoms with Gasteiger partial charge in [0.1, 0.15) is 10.5 Å². The minimum atomic E-state index is -0.990. The van der Waals surface area contributed by atoms with Crippen molar-refractivity contribution in [3.8, 4) is 0 Å². The molecule has 0 fully saturated rings. The fourth-order valence-corrected chi connectivity index (χ4v) is 2.18. The first-order chi connectivity index (χ1) is 9.22. The molecule has 3 aromatic rings. The third kappa shape index (κ3) is 2.41. The monoisotopic (exact) mass is 275 g/mol. The maximum Gasteiger partial charge on any atom is 0.335 e. The summed E-state index contributed by atoms with van der Waals surface area (Å²) in [6, 6.07) is 4.93. The van der Waals surface area contributed by atoms with Crippen LogP contribution in [0.4, 0.5) is 6.01 Å². The standard InChI is InChI=1S/C12H9N3O3S/c16-11(17)7-1-2-8-9(5-7)18-12(15-8)14-6-10-13-3-4-19-10/h1-5H,6H2,(H,14,15)(H,16,17). The molecular formula is C12H9N3O3S. The molecule has 0 saturated carbocycles. The van der Waals surface area contributed by atoms with Crippen LogP contribution in [0.1, 0.15) is 15.4 Å². The van der Waals surface area contributed by atoms with Crippen molar-refractivity contribution >= 4 is 34.4 Å². The van der Waals surface area contributed by atoms with Gasteiger partial charge in [-0.2, -0.15) is 4.98 Å². The van der Waals surface area contributed by atoms with Crippen molar-refractivity contribution < 1.29 is 14.3 Å². The third-order valence-corrected chi connectivity index (χ3v) is 3.29. The molecule has 0 spiro atoms. The van der Waals surface area contributed by atoms with E-state index in [1.165, 1.54) is 23.5 Å². The summed E-state index contributed by atoms with van der Waals surface area (Å²) >= 11 is 1.53. The maximum atomic E-state index is 10.8. The van der Waals surface area contributed by atoms with Crippen molar-refractivity contribution in [2.24, 2.45) is 0 Å². The molecule has 0 aliphatic rings. The van der Waals surface area contributed by atoms with Gasteiger partial charge in [0.25, 0.3) is 6.01 Å². The molecule has 2 heterocycles. The molecule has 0 saturated heterocycles. The fourth-order valence-electron chi connectivity index (χ4n) is 1.62. The number of hydrogen-bond donors (Lipinski definition) is 2. The molecule has 6 nitrogen and oxygen atoms in total. The zero-order valence-electron chi connectivity index (χ0n) is 9.66. The van der Waals surface area contributed by atoms with E-state index in [0.717, 1.165) is 5.01 Å². The van der Waals surface area contributed by atoms with E-state index >= 15 is 0 Å². The van der Waals surface area contributed by atoms with E-state index in [-0.39, 0.29) is 5.56 Å². The van der Waals surface area contributed by atoms with Crippen LogP contribution < -0.4 is 5.32 Å². The molecule has 3 rings (SSSR count). The average molecular weight is 275 g/mol. The number of carboxylic acids is 1. The van der Waals surface area contributed by atoms with Gasteiger partial charge in [-0.15, -0.1) is 11.3 Å². The van der Waals surface area contributed by atoms with Gasteiger partial charge in [0, 0.05) is 11.6 Å². The molecule has 0 aliphatic carbocycles. The number of carbonyl (C=O) groups is 1. The van der Waals surface area contributed by atoms with E-state index in [2.05, 4.69) is 15.3 Å². The second-order valence-corrected chi connectivity index (χ2v) is 4.77. The van der Waals surface area contributed by atoms with Gasteiger partial charge in [-0.05, 0) is 18.2 Å². The number of thiazole rings is 1. The summed E-state index contributed by atoms with van der Waals surface area (Å²) in [6.45, 7) is 0.524. The Morgan fingerprint density at radius 1 is 1.47 bits per heavy atom. The van der Waals surface area contributed by atoms with Crippen LogP contribution in [0.2, 0.25) is 0 Å². The van der Waals surface area contributed by atoms with E-state index in [0.29, 0.717) is 23.7 Å². The van der Waals surface area contributed by atoms with Crippen LogP contribution >= 0.6 is 11.3 Å². The van der Waals surface area contributed by atoms with E-state index in [1.807, 2.05) is 5.38 Å². The molecule has 0 atom stereocenters. The number of oxazole rings is 1. The van der Waals surface area contributed by atoms with Crippen LogP contribution in [0, 0.1) is 0 Å². The molecular weight excluding hydrogens is 266 g/mol. The first-order valence-corrected chi connectivity index (χ1v) is 6.36. The zero-order chi connectivity index (χ0) is 13.2. The molecule has 0 radical (unpaired) electrons. The fraction of sp³-hybridized carbons (Fsp3) is 0.0833. The van der Waals surface area contributed by atoms with Crippen molar-refractivity contribution in [1.29, 1.82) is 0 Å². The molecule has 2 aromatic heterocycles. The number of benzene rings is 1. The van der Waals surface area contributed by atoms with Crippen LogP contribution in [0.3, 0.4) is 0 Å². The highest BCUT2D eigenvalue weighted by atomic mass is 32.1.